The lowest BCUT2D eigenvalue weighted by Crippen LogP contribution is -2.43. The van der Waals surface area contributed by atoms with Gasteiger partial charge < -0.3 is 10.2 Å². The van der Waals surface area contributed by atoms with Crippen molar-refractivity contribution in [3.63, 3.8) is 0 Å². The third-order valence-corrected chi connectivity index (χ3v) is 7.44. The third-order valence-electron chi connectivity index (χ3n) is 7.44. The number of hydrogen-bond acceptors (Lipinski definition) is 2. The van der Waals surface area contributed by atoms with Crippen molar-refractivity contribution in [1.82, 2.24) is 0 Å². The van der Waals surface area contributed by atoms with Crippen molar-refractivity contribution in [2.75, 3.05) is 0 Å². The van der Waals surface area contributed by atoms with E-state index in [4.69, 9.17) is 0 Å². The van der Waals surface area contributed by atoms with Gasteiger partial charge in [0.1, 0.15) is 0 Å². The number of carbonyl (C=O) groups is 2. The van der Waals surface area contributed by atoms with Gasteiger partial charge in [0.05, 0.1) is 0 Å². The molecule has 0 aromatic carbocycles. The molecule has 3 saturated carbocycles. The Morgan fingerprint density at radius 2 is 1.08 bits per heavy atom. The Morgan fingerprint density at radius 3 is 1.58 bits per heavy atom. The summed E-state index contributed by atoms with van der Waals surface area (Å²) in [7, 11) is 0. The van der Waals surface area contributed by atoms with Crippen LogP contribution in [0.3, 0.4) is 0 Å². The molecule has 136 valence electrons. The van der Waals surface area contributed by atoms with Crippen molar-refractivity contribution >= 4 is 11.9 Å². The molecule has 0 heterocycles. The fourth-order valence-corrected chi connectivity index (χ4v) is 5.85. The maximum Gasteiger partial charge on any atom is 0.321 e. The molecule has 2 atom stereocenters. The van der Waals surface area contributed by atoms with Gasteiger partial charge in [-0.05, 0) is 55.8 Å². The molecule has 0 saturated heterocycles. The molecular weight excluding hydrogens is 304 g/mol. The van der Waals surface area contributed by atoms with E-state index >= 15 is 0 Å². The Hall–Kier alpha value is -1.06. The lowest BCUT2D eigenvalue weighted by molar-refractivity contribution is -0.168. The topological polar surface area (TPSA) is 74.6 Å². The van der Waals surface area contributed by atoms with Gasteiger partial charge in [0.2, 0.25) is 0 Å². The molecule has 0 spiro atoms. The van der Waals surface area contributed by atoms with Crippen molar-refractivity contribution in [2.45, 2.75) is 83.5 Å². The van der Waals surface area contributed by atoms with Gasteiger partial charge in [-0.3, -0.25) is 9.59 Å². The minimum Gasteiger partial charge on any atom is -0.480 e. The Bertz CT molecular complexity index is 442. The molecule has 0 aromatic rings. The van der Waals surface area contributed by atoms with E-state index in [9.17, 15) is 19.8 Å². The van der Waals surface area contributed by atoms with E-state index in [1.165, 1.54) is 57.8 Å². The SMILES string of the molecule is O=C(O)C1(C(=O)O)CCC(C2CCCC(C3CCCCC3)C2)CC1. The lowest BCUT2D eigenvalue weighted by atomic mass is 9.62. The van der Waals surface area contributed by atoms with Crippen LogP contribution in [0.15, 0.2) is 0 Å². The summed E-state index contributed by atoms with van der Waals surface area (Å²) in [6, 6.07) is 0. The van der Waals surface area contributed by atoms with Crippen LogP contribution < -0.4 is 0 Å². The summed E-state index contributed by atoms with van der Waals surface area (Å²) in [6.45, 7) is 0. The average molecular weight is 336 g/mol. The van der Waals surface area contributed by atoms with Crippen molar-refractivity contribution < 1.29 is 19.8 Å². The summed E-state index contributed by atoms with van der Waals surface area (Å²) >= 11 is 0. The molecule has 4 heteroatoms. The second-order valence-corrected chi connectivity index (χ2v) is 8.61. The van der Waals surface area contributed by atoms with E-state index in [1.807, 2.05) is 0 Å². The second kappa shape index (κ2) is 7.45. The summed E-state index contributed by atoms with van der Waals surface area (Å²) in [5.74, 6) is 0.751. The van der Waals surface area contributed by atoms with E-state index in [-0.39, 0.29) is 0 Å². The van der Waals surface area contributed by atoms with Crippen LogP contribution in [0.2, 0.25) is 0 Å². The van der Waals surface area contributed by atoms with Crippen LogP contribution in [-0.2, 0) is 9.59 Å². The van der Waals surface area contributed by atoms with Gasteiger partial charge in [-0.1, -0.05) is 51.4 Å². The fourth-order valence-electron chi connectivity index (χ4n) is 5.85. The molecule has 0 bridgehead atoms. The fraction of sp³-hybridized carbons (Fsp3) is 0.900. The smallest absolute Gasteiger partial charge is 0.321 e. The van der Waals surface area contributed by atoms with Crippen molar-refractivity contribution in [2.24, 2.45) is 29.1 Å². The molecule has 24 heavy (non-hydrogen) atoms. The molecule has 0 aliphatic heterocycles. The van der Waals surface area contributed by atoms with Gasteiger partial charge in [-0.25, -0.2) is 0 Å². The molecule has 2 N–H and O–H groups in total. The Morgan fingerprint density at radius 1 is 0.625 bits per heavy atom. The summed E-state index contributed by atoms with van der Waals surface area (Å²) in [6.07, 6.45) is 14.5. The summed E-state index contributed by atoms with van der Waals surface area (Å²) in [5.41, 5.74) is -1.52. The minimum absolute atomic E-state index is 0.312. The Balaban J connectivity index is 1.57. The summed E-state index contributed by atoms with van der Waals surface area (Å²) in [5, 5.41) is 18.8. The minimum atomic E-state index is -1.52. The first-order valence-electron chi connectivity index (χ1n) is 10.00. The molecule has 3 fully saturated rings. The number of carboxylic acids is 2. The first-order valence-corrected chi connectivity index (χ1v) is 10.00. The monoisotopic (exact) mass is 336 g/mol. The number of carboxylic acid groups (broad SMARTS) is 2. The van der Waals surface area contributed by atoms with Gasteiger partial charge in [0, 0.05) is 0 Å². The summed E-state index contributed by atoms with van der Waals surface area (Å²) in [4.78, 5) is 23.0. The maximum absolute atomic E-state index is 11.5. The normalized spacial score (nSPS) is 32.3. The van der Waals surface area contributed by atoms with E-state index in [0.29, 0.717) is 24.7 Å². The highest BCUT2D eigenvalue weighted by molar-refractivity contribution is 5.98. The molecule has 4 nitrogen and oxygen atoms in total. The van der Waals surface area contributed by atoms with Crippen molar-refractivity contribution in [3.05, 3.63) is 0 Å². The predicted octanol–water partition coefficient (Wildman–Crippen LogP) is 4.72. The Labute approximate surface area is 145 Å². The van der Waals surface area contributed by atoms with Gasteiger partial charge >= 0.3 is 11.9 Å². The highest BCUT2D eigenvalue weighted by atomic mass is 16.4. The van der Waals surface area contributed by atoms with Crippen LogP contribution in [0.1, 0.15) is 83.5 Å². The quantitative estimate of drug-likeness (QED) is 0.729. The van der Waals surface area contributed by atoms with Gasteiger partial charge in [-0.15, -0.1) is 0 Å². The standard InChI is InChI=1S/C20H32O4/c21-18(22)20(19(23)24)11-9-15(10-12-20)17-8-4-7-16(13-17)14-5-2-1-3-6-14/h14-17H,1-13H2,(H,21,22)(H,23,24). The van der Waals surface area contributed by atoms with Gasteiger partial charge in [0.15, 0.2) is 5.41 Å². The molecule has 2 unspecified atom stereocenters. The molecule has 0 radical (unpaired) electrons. The molecular formula is C20H32O4. The largest absolute Gasteiger partial charge is 0.480 e. The summed E-state index contributed by atoms with van der Waals surface area (Å²) < 4.78 is 0. The van der Waals surface area contributed by atoms with Crippen LogP contribution >= 0.6 is 0 Å². The first-order chi connectivity index (χ1) is 11.5. The molecule has 0 amide bonds. The highest BCUT2D eigenvalue weighted by Crippen LogP contribution is 2.48. The average Bonchev–Trinajstić information content (AvgIpc) is 2.62. The second-order valence-electron chi connectivity index (χ2n) is 8.61. The zero-order valence-corrected chi connectivity index (χ0v) is 14.7. The molecule has 3 aliphatic rings. The first kappa shape index (κ1) is 17.8. The molecule has 3 rings (SSSR count). The van der Waals surface area contributed by atoms with Gasteiger partial charge in [-0.2, -0.15) is 0 Å². The van der Waals surface area contributed by atoms with Crippen LogP contribution in [0, 0.1) is 29.1 Å². The third kappa shape index (κ3) is 3.48. The van der Waals surface area contributed by atoms with E-state index < -0.39 is 17.4 Å². The number of rotatable bonds is 4. The van der Waals surface area contributed by atoms with Crippen molar-refractivity contribution in [1.29, 1.82) is 0 Å². The van der Waals surface area contributed by atoms with Crippen LogP contribution in [0.25, 0.3) is 0 Å². The Kier molecular flexibility index (Phi) is 5.51. The van der Waals surface area contributed by atoms with Gasteiger partial charge in [0.25, 0.3) is 0 Å². The van der Waals surface area contributed by atoms with E-state index in [0.717, 1.165) is 24.7 Å². The number of aliphatic carboxylic acids is 2. The van der Waals surface area contributed by atoms with Crippen LogP contribution in [0.4, 0.5) is 0 Å². The van der Waals surface area contributed by atoms with E-state index in [2.05, 4.69) is 0 Å². The highest BCUT2D eigenvalue weighted by Gasteiger charge is 2.50. The lowest BCUT2D eigenvalue weighted by Gasteiger charge is -2.42. The zero-order chi connectivity index (χ0) is 17.2. The molecule has 0 aromatic heterocycles. The van der Waals surface area contributed by atoms with E-state index in [1.54, 1.807) is 0 Å². The van der Waals surface area contributed by atoms with Crippen LogP contribution in [-0.4, -0.2) is 22.2 Å². The van der Waals surface area contributed by atoms with Crippen molar-refractivity contribution in [3.8, 4) is 0 Å². The van der Waals surface area contributed by atoms with Crippen LogP contribution in [0.5, 0.6) is 0 Å². The maximum atomic E-state index is 11.5. The predicted molar refractivity (Wildman–Crippen MR) is 91.7 cm³/mol. The number of hydrogen-bond donors (Lipinski definition) is 2. The molecule has 3 aliphatic carbocycles. The zero-order valence-electron chi connectivity index (χ0n) is 14.7.